The molecule has 0 fully saturated rings. The van der Waals surface area contributed by atoms with E-state index >= 15 is 0 Å². The molecule has 68 valence electrons. The highest BCUT2D eigenvalue weighted by molar-refractivity contribution is 7.09. The van der Waals surface area contributed by atoms with Crippen LogP contribution in [-0.4, -0.2) is 19.3 Å². The zero-order chi connectivity index (χ0) is 9.26. The molecule has 0 radical (unpaired) electrons. The van der Waals surface area contributed by atoms with Gasteiger partial charge < -0.3 is 0 Å². The van der Waals surface area contributed by atoms with E-state index in [-0.39, 0.29) is 5.69 Å². The van der Waals surface area contributed by atoms with Gasteiger partial charge in [0.15, 0.2) is 0 Å². The van der Waals surface area contributed by atoms with Gasteiger partial charge in [-0.15, -0.1) is 11.3 Å². The van der Waals surface area contributed by atoms with E-state index in [9.17, 15) is 4.79 Å². The molecule has 6 heteroatoms. The second-order valence-corrected chi connectivity index (χ2v) is 3.59. The van der Waals surface area contributed by atoms with Crippen LogP contribution in [0.2, 0.25) is 0 Å². The summed E-state index contributed by atoms with van der Waals surface area (Å²) < 4.78 is 2.83. The Morgan fingerprint density at radius 3 is 3.00 bits per heavy atom. The third-order valence-corrected chi connectivity index (χ3v) is 2.42. The molecule has 0 saturated carbocycles. The highest BCUT2D eigenvalue weighted by Gasteiger charge is 2.03. The molecule has 2 heterocycles. The second kappa shape index (κ2) is 3.14. The van der Waals surface area contributed by atoms with Gasteiger partial charge >= 0.3 is 5.69 Å². The Balaban J connectivity index is 2.29. The van der Waals surface area contributed by atoms with Gasteiger partial charge in [-0.25, -0.2) is 14.5 Å². The average Bonchev–Trinajstić information content (AvgIpc) is 2.71. The average molecular weight is 196 g/mol. The minimum absolute atomic E-state index is 0.116. The Hall–Kier alpha value is -1.43. The minimum Gasteiger partial charge on any atom is -0.285 e. The molecule has 5 nitrogen and oxygen atoms in total. The molecule has 0 N–H and O–H groups in total. The topological polar surface area (TPSA) is 52.7 Å². The van der Waals surface area contributed by atoms with Crippen molar-refractivity contribution >= 4 is 11.3 Å². The van der Waals surface area contributed by atoms with Crippen molar-refractivity contribution in [2.24, 2.45) is 7.05 Å². The highest BCUT2D eigenvalue weighted by Crippen LogP contribution is 2.03. The first-order valence-corrected chi connectivity index (χ1v) is 4.62. The Kier molecular flexibility index (Phi) is 1.97. The molecule has 13 heavy (non-hydrogen) atoms. The van der Waals surface area contributed by atoms with Crippen molar-refractivity contribution < 1.29 is 0 Å². The van der Waals surface area contributed by atoms with Crippen LogP contribution < -0.4 is 5.69 Å². The largest absolute Gasteiger partial charge is 0.345 e. The summed E-state index contributed by atoms with van der Waals surface area (Å²) in [6.45, 7) is 0.456. The summed E-state index contributed by atoms with van der Waals surface area (Å²) in [5.74, 6) is 0. The third kappa shape index (κ3) is 1.52. The summed E-state index contributed by atoms with van der Waals surface area (Å²) >= 11 is 1.52. The molecule has 0 bridgehead atoms. The number of thiazole rings is 1. The van der Waals surface area contributed by atoms with Gasteiger partial charge in [-0.3, -0.25) is 4.57 Å². The third-order valence-electron chi connectivity index (χ3n) is 1.66. The minimum atomic E-state index is -0.116. The van der Waals surface area contributed by atoms with Gasteiger partial charge in [0, 0.05) is 18.6 Å². The van der Waals surface area contributed by atoms with Crippen molar-refractivity contribution in [1.29, 1.82) is 0 Å². The summed E-state index contributed by atoms with van der Waals surface area (Å²) in [6, 6.07) is 0. The van der Waals surface area contributed by atoms with Gasteiger partial charge in [-0.05, 0) is 0 Å². The van der Waals surface area contributed by atoms with E-state index in [1.165, 1.54) is 26.9 Å². The predicted octanol–water partition coefficient (Wildman–Crippen LogP) is 0.0866. The summed E-state index contributed by atoms with van der Waals surface area (Å²) in [5.41, 5.74) is -0.116. The normalized spacial score (nSPS) is 10.5. The van der Waals surface area contributed by atoms with Crippen molar-refractivity contribution in [3.05, 3.63) is 33.4 Å². The van der Waals surface area contributed by atoms with Gasteiger partial charge in [0.2, 0.25) is 0 Å². The Morgan fingerprint density at radius 2 is 2.46 bits per heavy atom. The Labute approximate surface area is 78.3 Å². The summed E-state index contributed by atoms with van der Waals surface area (Å²) in [5, 5.41) is 6.69. The SMILES string of the molecule is Cn1cnn(Cc2nccs2)c1=O. The number of aromatic nitrogens is 4. The Bertz CT molecular complexity index is 441. The smallest absolute Gasteiger partial charge is 0.285 e. The van der Waals surface area contributed by atoms with E-state index in [1.54, 1.807) is 13.2 Å². The maximum Gasteiger partial charge on any atom is 0.345 e. The molecule has 0 unspecified atom stereocenters. The van der Waals surface area contributed by atoms with Crippen LogP contribution in [0.1, 0.15) is 5.01 Å². The highest BCUT2D eigenvalue weighted by atomic mass is 32.1. The van der Waals surface area contributed by atoms with E-state index in [0.29, 0.717) is 6.54 Å². The standard InChI is InChI=1S/C7H8N4OS/c1-10-5-9-11(7(10)12)4-6-8-2-3-13-6/h2-3,5H,4H2,1H3. The van der Waals surface area contributed by atoms with Crippen molar-refractivity contribution in [2.75, 3.05) is 0 Å². The maximum absolute atomic E-state index is 11.3. The zero-order valence-electron chi connectivity index (χ0n) is 7.04. The van der Waals surface area contributed by atoms with Crippen LogP contribution in [0, 0.1) is 0 Å². The lowest BCUT2D eigenvalue weighted by atomic mass is 10.7. The molecule has 0 aliphatic carbocycles. The second-order valence-electron chi connectivity index (χ2n) is 2.61. The first kappa shape index (κ1) is 8.18. The van der Waals surface area contributed by atoms with Gasteiger partial charge in [0.05, 0.1) is 6.54 Å². The van der Waals surface area contributed by atoms with Gasteiger partial charge in [-0.2, -0.15) is 5.10 Å². The number of hydrogen-bond acceptors (Lipinski definition) is 4. The molecule has 2 aromatic rings. The molecular formula is C7H8N4OS. The molecule has 0 aromatic carbocycles. The van der Waals surface area contributed by atoms with E-state index < -0.39 is 0 Å². The van der Waals surface area contributed by atoms with Crippen molar-refractivity contribution in [2.45, 2.75) is 6.54 Å². The van der Waals surface area contributed by atoms with Gasteiger partial charge in [-0.1, -0.05) is 0 Å². The lowest BCUT2D eigenvalue weighted by molar-refractivity contribution is 0.644. The van der Waals surface area contributed by atoms with Crippen LogP contribution >= 0.6 is 11.3 Å². The molecule has 0 aliphatic rings. The molecule has 0 spiro atoms. The van der Waals surface area contributed by atoms with Crippen molar-refractivity contribution in [3.8, 4) is 0 Å². The fourth-order valence-corrected chi connectivity index (χ4v) is 1.59. The maximum atomic E-state index is 11.3. The molecule has 0 aliphatic heterocycles. The molecule has 2 aromatic heterocycles. The van der Waals surface area contributed by atoms with Crippen LogP contribution in [0.4, 0.5) is 0 Å². The summed E-state index contributed by atoms with van der Waals surface area (Å²) in [7, 11) is 1.67. The van der Waals surface area contributed by atoms with E-state index in [0.717, 1.165) is 5.01 Å². The molecule has 0 saturated heterocycles. The van der Waals surface area contributed by atoms with E-state index in [4.69, 9.17) is 0 Å². The fraction of sp³-hybridized carbons (Fsp3) is 0.286. The first-order valence-electron chi connectivity index (χ1n) is 3.74. The van der Waals surface area contributed by atoms with Crippen LogP contribution in [0.3, 0.4) is 0 Å². The first-order chi connectivity index (χ1) is 6.27. The molecule has 2 rings (SSSR count). The van der Waals surface area contributed by atoms with Gasteiger partial charge in [0.1, 0.15) is 11.3 Å². The zero-order valence-corrected chi connectivity index (χ0v) is 7.86. The predicted molar refractivity (Wildman–Crippen MR) is 48.7 cm³/mol. The van der Waals surface area contributed by atoms with E-state index in [1.807, 2.05) is 5.38 Å². The quantitative estimate of drug-likeness (QED) is 0.684. The monoisotopic (exact) mass is 196 g/mol. The Morgan fingerprint density at radius 1 is 1.62 bits per heavy atom. The van der Waals surface area contributed by atoms with Crippen molar-refractivity contribution in [3.63, 3.8) is 0 Å². The van der Waals surface area contributed by atoms with Crippen molar-refractivity contribution in [1.82, 2.24) is 19.3 Å². The molecule has 0 amide bonds. The lowest BCUT2D eigenvalue weighted by Crippen LogP contribution is -2.23. The van der Waals surface area contributed by atoms with Crippen LogP contribution in [-0.2, 0) is 13.6 Å². The fourth-order valence-electron chi connectivity index (χ4n) is 0.988. The number of rotatable bonds is 2. The molecular weight excluding hydrogens is 188 g/mol. The van der Waals surface area contributed by atoms with Crippen LogP contribution in [0.15, 0.2) is 22.7 Å². The van der Waals surface area contributed by atoms with E-state index in [2.05, 4.69) is 10.1 Å². The number of aryl methyl sites for hydroxylation is 1. The van der Waals surface area contributed by atoms with Crippen LogP contribution in [0.5, 0.6) is 0 Å². The summed E-state index contributed by atoms with van der Waals surface area (Å²) in [4.78, 5) is 15.4. The van der Waals surface area contributed by atoms with Gasteiger partial charge in [0.25, 0.3) is 0 Å². The lowest BCUT2D eigenvalue weighted by Gasteiger charge is -1.93. The molecule has 0 atom stereocenters. The van der Waals surface area contributed by atoms with Crippen LogP contribution in [0.25, 0.3) is 0 Å². The number of nitrogens with zero attached hydrogens (tertiary/aromatic N) is 4. The number of hydrogen-bond donors (Lipinski definition) is 0. The summed E-state index contributed by atoms with van der Waals surface area (Å²) in [6.07, 6.45) is 3.21.